The van der Waals surface area contributed by atoms with Crippen molar-refractivity contribution in [3.05, 3.63) is 71.0 Å². The van der Waals surface area contributed by atoms with Crippen molar-refractivity contribution in [2.24, 2.45) is 0 Å². The SMILES string of the molecule is Cc1cc(C)n(Cc2cccc(C(=O)Nc3ccc4c(c3)OC3(CCCCC3)O4)c2)n1. The zero-order chi connectivity index (χ0) is 21.4. The molecule has 1 N–H and O–H groups in total. The van der Waals surface area contributed by atoms with E-state index in [1.807, 2.05) is 67.1 Å². The molecule has 0 radical (unpaired) electrons. The Hall–Kier alpha value is -3.28. The molecule has 31 heavy (non-hydrogen) atoms. The van der Waals surface area contributed by atoms with Gasteiger partial charge in [-0.05, 0) is 62.6 Å². The van der Waals surface area contributed by atoms with Gasteiger partial charge in [0, 0.05) is 35.9 Å². The third-order valence-corrected chi connectivity index (χ3v) is 6.03. The van der Waals surface area contributed by atoms with Crippen molar-refractivity contribution in [3.8, 4) is 11.5 Å². The Morgan fingerprint density at radius 1 is 1.03 bits per heavy atom. The van der Waals surface area contributed by atoms with Crippen LogP contribution in [-0.2, 0) is 6.54 Å². The van der Waals surface area contributed by atoms with Crippen LogP contribution in [0.25, 0.3) is 0 Å². The largest absolute Gasteiger partial charge is 0.448 e. The van der Waals surface area contributed by atoms with E-state index < -0.39 is 5.79 Å². The molecule has 160 valence electrons. The van der Waals surface area contributed by atoms with Crippen molar-refractivity contribution < 1.29 is 14.3 Å². The number of anilines is 1. The predicted octanol–water partition coefficient (Wildman–Crippen LogP) is 5.23. The number of rotatable bonds is 4. The van der Waals surface area contributed by atoms with Crippen molar-refractivity contribution in [3.63, 3.8) is 0 Å². The van der Waals surface area contributed by atoms with Gasteiger partial charge in [-0.1, -0.05) is 18.6 Å². The zero-order valence-electron chi connectivity index (χ0n) is 18.0. The molecule has 3 aromatic rings. The maximum absolute atomic E-state index is 12.9. The van der Waals surface area contributed by atoms with Crippen molar-refractivity contribution in [2.45, 2.75) is 58.3 Å². The summed E-state index contributed by atoms with van der Waals surface area (Å²) in [4.78, 5) is 12.9. The molecule has 1 fully saturated rings. The van der Waals surface area contributed by atoms with Crippen LogP contribution in [0.1, 0.15) is 59.4 Å². The van der Waals surface area contributed by atoms with Crippen molar-refractivity contribution in [2.75, 3.05) is 5.32 Å². The molecule has 6 nitrogen and oxygen atoms in total. The first-order valence-electron chi connectivity index (χ1n) is 10.9. The quantitative estimate of drug-likeness (QED) is 0.631. The predicted molar refractivity (Wildman–Crippen MR) is 119 cm³/mol. The first-order chi connectivity index (χ1) is 15.0. The Morgan fingerprint density at radius 3 is 2.61 bits per heavy atom. The van der Waals surface area contributed by atoms with E-state index in [9.17, 15) is 4.79 Å². The van der Waals surface area contributed by atoms with E-state index in [1.165, 1.54) is 6.42 Å². The molecule has 5 rings (SSSR count). The van der Waals surface area contributed by atoms with Crippen molar-refractivity contribution in [1.29, 1.82) is 0 Å². The van der Waals surface area contributed by atoms with E-state index in [4.69, 9.17) is 9.47 Å². The van der Waals surface area contributed by atoms with Gasteiger partial charge in [0.15, 0.2) is 11.5 Å². The zero-order valence-corrected chi connectivity index (χ0v) is 18.0. The number of aryl methyl sites for hydroxylation is 2. The lowest BCUT2D eigenvalue weighted by atomic mass is 9.94. The summed E-state index contributed by atoms with van der Waals surface area (Å²) in [6.45, 7) is 4.65. The van der Waals surface area contributed by atoms with E-state index in [0.717, 1.165) is 48.4 Å². The molecule has 2 heterocycles. The summed E-state index contributed by atoms with van der Waals surface area (Å²) < 4.78 is 14.2. The lowest BCUT2D eigenvalue weighted by molar-refractivity contribution is -0.105. The smallest absolute Gasteiger partial charge is 0.255 e. The van der Waals surface area contributed by atoms with Crippen LogP contribution in [0, 0.1) is 13.8 Å². The summed E-state index contributed by atoms with van der Waals surface area (Å²) in [6, 6.07) is 15.3. The number of hydrogen-bond acceptors (Lipinski definition) is 4. The van der Waals surface area contributed by atoms with Gasteiger partial charge >= 0.3 is 0 Å². The molecule has 0 atom stereocenters. The van der Waals surface area contributed by atoms with Crippen molar-refractivity contribution >= 4 is 11.6 Å². The fraction of sp³-hybridized carbons (Fsp3) is 0.360. The topological polar surface area (TPSA) is 65.4 Å². The van der Waals surface area contributed by atoms with Gasteiger partial charge in [-0.3, -0.25) is 9.48 Å². The molecule has 1 aliphatic heterocycles. The van der Waals surface area contributed by atoms with Crippen LogP contribution in [0.3, 0.4) is 0 Å². The number of aromatic nitrogens is 2. The van der Waals surface area contributed by atoms with E-state index in [2.05, 4.69) is 10.4 Å². The molecule has 2 aliphatic rings. The molecule has 1 spiro atoms. The normalized spacial score (nSPS) is 16.5. The molecule has 1 saturated carbocycles. The lowest BCUT2D eigenvalue weighted by Gasteiger charge is -2.31. The lowest BCUT2D eigenvalue weighted by Crippen LogP contribution is -2.40. The maximum atomic E-state index is 12.9. The Morgan fingerprint density at radius 2 is 1.84 bits per heavy atom. The first kappa shape index (κ1) is 19.7. The maximum Gasteiger partial charge on any atom is 0.255 e. The number of carbonyl (C=O) groups excluding carboxylic acids is 1. The molecule has 1 aliphatic carbocycles. The number of benzene rings is 2. The third kappa shape index (κ3) is 4.02. The van der Waals surface area contributed by atoms with Gasteiger partial charge in [-0.15, -0.1) is 0 Å². The van der Waals surface area contributed by atoms with Gasteiger partial charge in [0.25, 0.3) is 11.7 Å². The number of amides is 1. The molecular formula is C25H27N3O3. The molecule has 0 bridgehead atoms. The van der Waals surface area contributed by atoms with E-state index >= 15 is 0 Å². The Kier molecular flexibility index (Phi) is 4.93. The number of fused-ring (bicyclic) bond motifs is 1. The highest BCUT2D eigenvalue weighted by molar-refractivity contribution is 6.04. The highest BCUT2D eigenvalue weighted by Crippen LogP contribution is 2.46. The van der Waals surface area contributed by atoms with Gasteiger partial charge in [-0.2, -0.15) is 5.10 Å². The molecule has 1 amide bonds. The van der Waals surface area contributed by atoms with Crippen LogP contribution in [0.2, 0.25) is 0 Å². The summed E-state index contributed by atoms with van der Waals surface area (Å²) in [5.41, 5.74) is 4.43. The van der Waals surface area contributed by atoms with Gasteiger partial charge < -0.3 is 14.8 Å². The van der Waals surface area contributed by atoms with E-state index in [0.29, 0.717) is 23.5 Å². The van der Waals surface area contributed by atoms with E-state index in [-0.39, 0.29) is 5.91 Å². The van der Waals surface area contributed by atoms with Crippen LogP contribution in [-0.4, -0.2) is 21.5 Å². The second-order valence-electron chi connectivity index (χ2n) is 8.58. The minimum absolute atomic E-state index is 0.151. The van der Waals surface area contributed by atoms with Crippen LogP contribution >= 0.6 is 0 Å². The summed E-state index contributed by atoms with van der Waals surface area (Å²) in [5, 5.41) is 7.50. The molecule has 0 saturated heterocycles. The van der Waals surface area contributed by atoms with Gasteiger partial charge in [0.1, 0.15) is 0 Å². The average molecular weight is 418 g/mol. The highest BCUT2D eigenvalue weighted by Gasteiger charge is 2.42. The van der Waals surface area contributed by atoms with Gasteiger partial charge in [0.2, 0.25) is 0 Å². The number of ether oxygens (including phenoxy) is 2. The Bertz CT molecular complexity index is 1130. The number of hydrogen-bond donors (Lipinski definition) is 1. The Balaban J connectivity index is 1.29. The number of carbonyl (C=O) groups is 1. The third-order valence-electron chi connectivity index (χ3n) is 6.03. The molecule has 6 heteroatoms. The standard InChI is InChI=1S/C25H27N3O3/c1-17-13-18(2)28(27-17)16-19-7-6-8-20(14-19)24(29)26-21-9-10-22-23(15-21)31-25(30-22)11-4-3-5-12-25/h6-10,13-15H,3-5,11-12,16H2,1-2H3,(H,26,29). The summed E-state index contributed by atoms with van der Waals surface area (Å²) in [7, 11) is 0. The number of nitrogens with zero attached hydrogens (tertiary/aromatic N) is 2. The molecule has 1 aromatic heterocycles. The fourth-order valence-corrected chi connectivity index (χ4v) is 4.49. The van der Waals surface area contributed by atoms with Crippen LogP contribution < -0.4 is 14.8 Å². The van der Waals surface area contributed by atoms with Crippen LogP contribution in [0.4, 0.5) is 5.69 Å². The van der Waals surface area contributed by atoms with Crippen LogP contribution in [0.15, 0.2) is 48.5 Å². The highest BCUT2D eigenvalue weighted by atomic mass is 16.7. The first-order valence-corrected chi connectivity index (χ1v) is 10.9. The minimum atomic E-state index is -0.513. The molecule has 2 aromatic carbocycles. The summed E-state index contributed by atoms with van der Waals surface area (Å²) in [6.07, 6.45) is 5.28. The molecular weight excluding hydrogens is 390 g/mol. The van der Waals surface area contributed by atoms with Crippen LogP contribution in [0.5, 0.6) is 11.5 Å². The summed E-state index contributed by atoms with van der Waals surface area (Å²) >= 11 is 0. The summed E-state index contributed by atoms with van der Waals surface area (Å²) in [5.74, 6) is 0.798. The Labute approximate surface area is 182 Å². The minimum Gasteiger partial charge on any atom is -0.448 e. The van der Waals surface area contributed by atoms with Crippen molar-refractivity contribution in [1.82, 2.24) is 9.78 Å². The average Bonchev–Trinajstić information content (AvgIpc) is 3.26. The second-order valence-corrected chi connectivity index (χ2v) is 8.58. The molecule has 0 unspecified atom stereocenters. The monoisotopic (exact) mass is 417 g/mol. The number of nitrogens with one attached hydrogen (secondary N) is 1. The van der Waals surface area contributed by atoms with Gasteiger partial charge in [-0.25, -0.2) is 0 Å². The van der Waals surface area contributed by atoms with E-state index in [1.54, 1.807) is 0 Å². The van der Waals surface area contributed by atoms with Gasteiger partial charge in [0.05, 0.1) is 12.2 Å². The fourth-order valence-electron chi connectivity index (χ4n) is 4.49. The second kappa shape index (κ2) is 7.76.